The molecule has 0 amide bonds. The smallest absolute Gasteiger partial charge is 0.378 e. The minimum absolute atomic E-state index is 0.239. The van der Waals surface area contributed by atoms with Crippen LogP contribution >= 0.6 is 11.3 Å². The van der Waals surface area contributed by atoms with Gasteiger partial charge in [-0.15, -0.1) is 11.3 Å². The Kier molecular flexibility index (Phi) is 6.61. The minimum Gasteiger partial charge on any atom is -0.378 e. The van der Waals surface area contributed by atoms with Crippen molar-refractivity contribution >= 4 is 11.3 Å². The van der Waals surface area contributed by atoms with E-state index in [1.807, 2.05) is 17.5 Å². The van der Waals surface area contributed by atoms with Gasteiger partial charge in [0.05, 0.1) is 6.10 Å². The van der Waals surface area contributed by atoms with Crippen LogP contribution in [0.2, 0.25) is 0 Å². The Morgan fingerprint density at radius 1 is 1.06 bits per heavy atom. The predicted molar refractivity (Wildman–Crippen MR) is 115 cm³/mol. The maximum absolute atomic E-state index is 14.6. The highest BCUT2D eigenvalue weighted by atomic mass is 32.1. The Bertz CT molecular complexity index is 904. The summed E-state index contributed by atoms with van der Waals surface area (Å²) in [5, 5.41) is 1.92. The Labute approximate surface area is 193 Å². The van der Waals surface area contributed by atoms with E-state index < -0.39 is 28.9 Å². The first kappa shape index (κ1) is 24.5. The quantitative estimate of drug-likeness (QED) is 0.409. The van der Waals surface area contributed by atoms with Crippen LogP contribution in [0.5, 0.6) is 0 Å². The zero-order chi connectivity index (χ0) is 23.9. The van der Waals surface area contributed by atoms with Crippen molar-refractivity contribution in [2.45, 2.75) is 63.0 Å². The largest absolute Gasteiger partial charge is 0.419 e. The number of hydrogen-bond donors (Lipinski definition) is 0. The van der Waals surface area contributed by atoms with Gasteiger partial charge < -0.3 is 4.74 Å². The second kappa shape index (κ2) is 8.89. The van der Waals surface area contributed by atoms with Crippen molar-refractivity contribution in [1.29, 1.82) is 0 Å². The van der Waals surface area contributed by atoms with Gasteiger partial charge in [-0.3, -0.25) is 4.90 Å². The third kappa shape index (κ3) is 4.32. The fourth-order valence-corrected chi connectivity index (χ4v) is 6.23. The van der Waals surface area contributed by atoms with Gasteiger partial charge in [-0.05, 0) is 56.0 Å². The van der Waals surface area contributed by atoms with Gasteiger partial charge in [0, 0.05) is 30.0 Å². The summed E-state index contributed by atoms with van der Waals surface area (Å²) in [4.78, 5) is 1.70. The minimum atomic E-state index is -5.54. The Balaban J connectivity index is 1.75. The lowest BCUT2D eigenvalue weighted by Crippen LogP contribution is -2.64. The molecule has 2 aromatic rings. The van der Waals surface area contributed by atoms with Crippen LogP contribution < -0.4 is 0 Å². The van der Waals surface area contributed by atoms with Crippen LogP contribution in [-0.4, -0.2) is 43.1 Å². The molecule has 9 heteroatoms. The third-order valence-corrected chi connectivity index (χ3v) is 8.15. The maximum Gasteiger partial charge on any atom is 0.419 e. The van der Waals surface area contributed by atoms with Crippen LogP contribution in [0.3, 0.4) is 0 Å². The number of alkyl halides is 6. The zero-order valence-electron chi connectivity index (χ0n) is 18.3. The number of thiophene rings is 1. The number of ether oxygens (including phenoxy) is 1. The molecule has 1 unspecified atom stereocenters. The average molecular weight is 492 g/mol. The van der Waals surface area contributed by atoms with Gasteiger partial charge in [-0.1, -0.05) is 35.9 Å². The molecule has 182 valence electrons. The lowest BCUT2D eigenvalue weighted by Gasteiger charge is -2.45. The Hall–Kier alpha value is -1.58. The molecule has 1 aromatic carbocycles. The lowest BCUT2D eigenvalue weighted by molar-refractivity contribution is -0.347. The van der Waals surface area contributed by atoms with Crippen molar-refractivity contribution in [3.8, 4) is 0 Å². The SMILES string of the molecule is Cc1ccc(C(N2CC[C@@](CCc3cccs3)(C3CCCO3)C2)(C(F)(F)F)C(F)(F)F)cc1. The number of likely N-dealkylation sites (tertiary alicyclic amines) is 1. The number of hydrogen-bond acceptors (Lipinski definition) is 3. The van der Waals surface area contributed by atoms with E-state index in [9.17, 15) is 26.3 Å². The van der Waals surface area contributed by atoms with E-state index >= 15 is 0 Å². The van der Waals surface area contributed by atoms with Crippen LogP contribution in [0.25, 0.3) is 0 Å². The molecule has 4 rings (SSSR count). The fraction of sp³-hybridized carbons (Fsp3) is 0.583. The van der Waals surface area contributed by atoms with Crippen LogP contribution in [0.15, 0.2) is 41.8 Å². The molecule has 2 aliphatic rings. The fourth-order valence-electron chi connectivity index (χ4n) is 5.52. The molecule has 2 saturated heterocycles. The molecule has 0 radical (unpaired) electrons. The van der Waals surface area contributed by atoms with Crippen molar-refractivity contribution in [2.24, 2.45) is 5.41 Å². The normalized spacial score (nSPS) is 25.1. The van der Waals surface area contributed by atoms with Crippen molar-refractivity contribution < 1.29 is 31.1 Å². The zero-order valence-corrected chi connectivity index (χ0v) is 19.1. The molecule has 3 heterocycles. The molecular formula is C24H27F6NOS. The van der Waals surface area contributed by atoms with Gasteiger partial charge in [0.15, 0.2) is 0 Å². The summed E-state index contributed by atoms with van der Waals surface area (Å²) in [7, 11) is 0. The molecule has 2 atom stereocenters. The molecule has 0 spiro atoms. The summed E-state index contributed by atoms with van der Waals surface area (Å²) in [6.45, 7) is 1.52. The first-order chi connectivity index (χ1) is 15.5. The monoisotopic (exact) mass is 491 g/mol. The summed E-state index contributed by atoms with van der Waals surface area (Å²) < 4.78 is 93.2. The van der Waals surface area contributed by atoms with Crippen molar-refractivity contribution in [3.05, 3.63) is 57.8 Å². The number of halogens is 6. The molecule has 0 N–H and O–H groups in total. The Morgan fingerprint density at radius 3 is 2.30 bits per heavy atom. The van der Waals surface area contributed by atoms with Crippen molar-refractivity contribution in [2.75, 3.05) is 19.7 Å². The molecule has 2 nitrogen and oxygen atoms in total. The van der Waals surface area contributed by atoms with Gasteiger partial charge in [0.2, 0.25) is 5.54 Å². The van der Waals surface area contributed by atoms with Crippen LogP contribution in [0.4, 0.5) is 26.3 Å². The van der Waals surface area contributed by atoms with Gasteiger partial charge in [0.25, 0.3) is 0 Å². The summed E-state index contributed by atoms with van der Waals surface area (Å²) >= 11 is 1.55. The van der Waals surface area contributed by atoms with E-state index in [2.05, 4.69) is 0 Å². The highest BCUT2D eigenvalue weighted by molar-refractivity contribution is 7.09. The number of rotatable bonds is 6. The van der Waals surface area contributed by atoms with Crippen LogP contribution in [0, 0.1) is 12.3 Å². The predicted octanol–water partition coefficient (Wildman–Crippen LogP) is 6.88. The molecule has 0 saturated carbocycles. The standard InChI is InChI=1S/C24H27F6NOS/c1-17-6-8-18(9-7-17)22(23(25,26)27,24(28,29)30)31-13-12-21(16-31,20-5-2-14-32-20)11-10-19-4-3-15-33-19/h3-4,6-9,15,20H,2,5,10-14,16H2,1H3/t20?,21-/m1/s1. The summed E-state index contributed by atoms with van der Waals surface area (Å²) in [5.74, 6) is 0. The number of benzene rings is 1. The van der Waals surface area contributed by atoms with Crippen molar-refractivity contribution in [1.82, 2.24) is 4.90 Å². The highest BCUT2D eigenvalue weighted by Crippen LogP contribution is 2.58. The molecule has 0 aliphatic carbocycles. The van der Waals surface area contributed by atoms with Gasteiger partial charge in [-0.25, -0.2) is 0 Å². The van der Waals surface area contributed by atoms with Gasteiger partial charge in [-0.2, -0.15) is 26.3 Å². The Morgan fingerprint density at radius 2 is 1.76 bits per heavy atom. The van der Waals surface area contributed by atoms with Crippen LogP contribution in [-0.2, 0) is 16.7 Å². The molecular weight excluding hydrogens is 464 g/mol. The molecule has 2 aliphatic heterocycles. The summed E-state index contributed by atoms with van der Waals surface area (Å²) in [5.41, 5.74) is -5.00. The lowest BCUT2D eigenvalue weighted by atomic mass is 9.75. The topological polar surface area (TPSA) is 12.5 Å². The van der Waals surface area contributed by atoms with E-state index in [1.165, 1.54) is 12.1 Å². The average Bonchev–Trinajstić information content (AvgIpc) is 3.49. The second-order valence-corrected chi connectivity index (χ2v) is 10.2. The number of nitrogens with zero attached hydrogens (tertiary/aromatic N) is 1. The van der Waals surface area contributed by atoms with Crippen LogP contribution in [0.1, 0.15) is 41.7 Å². The van der Waals surface area contributed by atoms with E-state index in [1.54, 1.807) is 18.3 Å². The van der Waals surface area contributed by atoms with Gasteiger partial charge >= 0.3 is 12.4 Å². The molecule has 33 heavy (non-hydrogen) atoms. The van der Waals surface area contributed by atoms with E-state index in [4.69, 9.17) is 4.74 Å². The van der Waals surface area contributed by atoms with E-state index in [-0.39, 0.29) is 25.6 Å². The summed E-state index contributed by atoms with van der Waals surface area (Å²) in [6.07, 6.45) is -8.64. The van der Waals surface area contributed by atoms with Crippen molar-refractivity contribution in [3.63, 3.8) is 0 Å². The third-order valence-electron chi connectivity index (χ3n) is 7.21. The number of aryl methyl sites for hydroxylation is 2. The van der Waals surface area contributed by atoms with E-state index in [0.29, 0.717) is 36.3 Å². The maximum atomic E-state index is 14.6. The highest BCUT2D eigenvalue weighted by Gasteiger charge is 2.76. The second-order valence-electron chi connectivity index (χ2n) is 9.19. The molecule has 0 bridgehead atoms. The van der Waals surface area contributed by atoms with Gasteiger partial charge in [0.1, 0.15) is 0 Å². The summed E-state index contributed by atoms with van der Waals surface area (Å²) in [6, 6.07) is 8.39. The molecule has 1 aromatic heterocycles. The first-order valence-electron chi connectivity index (χ1n) is 11.1. The molecule has 2 fully saturated rings. The van der Waals surface area contributed by atoms with E-state index in [0.717, 1.165) is 23.4 Å². The first-order valence-corrected chi connectivity index (χ1v) is 12.0.